The molecule has 0 N–H and O–H groups in total. The zero-order valence-corrected chi connectivity index (χ0v) is 18.6. The van der Waals surface area contributed by atoms with E-state index in [4.69, 9.17) is 4.74 Å². The van der Waals surface area contributed by atoms with Gasteiger partial charge in [-0.15, -0.1) is 0 Å². The van der Waals surface area contributed by atoms with E-state index in [0.717, 1.165) is 29.6 Å². The largest absolute Gasteiger partial charge is 0.379 e. The number of aryl methyl sites for hydroxylation is 2. The third-order valence-corrected chi connectivity index (χ3v) is 6.51. The smallest absolute Gasteiger partial charge is 0.331 e. The number of nitrogens with zero attached hydrogens (tertiary/aromatic N) is 4. The first kappa shape index (κ1) is 20.7. The minimum atomic E-state index is -0.257. The van der Waals surface area contributed by atoms with Gasteiger partial charge in [0.1, 0.15) is 0 Å². The number of hydrogen-bond acceptors (Lipinski definition) is 4. The molecule has 0 atom stereocenters. The van der Waals surface area contributed by atoms with Crippen molar-refractivity contribution in [3.63, 3.8) is 0 Å². The van der Waals surface area contributed by atoms with Gasteiger partial charge in [-0.25, -0.2) is 4.79 Å². The molecule has 0 bridgehead atoms. The summed E-state index contributed by atoms with van der Waals surface area (Å²) in [6.07, 6.45) is 2.09. The Morgan fingerprint density at radius 3 is 2.47 bits per heavy atom. The molecule has 4 aromatic rings. The molecule has 1 fully saturated rings. The van der Waals surface area contributed by atoms with E-state index in [2.05, 4.69) is 40.8 Å². The second-order valence-electron chi connectivity index (χ2n) is 8.53. The van der Waals surface area contributed by atoms with Crippen LogP contribution in [-0.2, 0) is 24.9 Å². The van der Waals surface area contributed by atoms with Gasteiger partial charge in [0.25, 0.3) is 5.56 Å². The number of benzene rings is 2. The standard InChI is InChI=1S/C25H28N4O3/c1-18-6-5-9-22-23(18)19(16-26(22)2)17-29-21-8-4-3-7-20(21)24(30)28(25(29)31)11-10-27-12-14-32-15-13-27/h3-9,16H,10-15,17H2,1-2H3. The highest BCUT2D eigenvalue weighted by atomic mass is 16.5. The van der Waals surface area contributed by atoms with Crippen LogP contribution in [0.25, 0.3) is 21.8 Å². The fourth-order valence-electron chi connectivity index (χ4n) is 4.81. The fourth-order valence-corrected chi connectivity index (χ4v) is 4.81. The first-order valence-corrected chi connectivity index (χ1v) is 11.1. The average molecular weight is 433 g/mol. The normalized spacial score (nSPS) is 15.1. The molecular formula is C25H28N4O3. The van der Waals surface area contributed by atoms with Crippen LogP contribution in [0.15, 0.2) is 58.3 Å². The van der Waals surface area contributed by atoms with Crippen LogP contribution in [0.3, 0.4) is 0 Å². The number of aromatic nitrogens is 3. The SMILES string of the molecule is Cc1cccc2c1c(Cn1c(=O)n(CCN3CCOCC3)c(=O)c3ccccc31)cn2C. The Labute approximate surface area is 186 Å². The second-order valence-corrected chi connectivity index (χ2v) is 8.53. The predicted octanol–water partition coefficient (Wildman–Crippen LogP) is 2.34. The summed E-state index contributed by atoms with van der Waals surface area (Å²) in [5.41, 5.74) is 3.59. The summed E-state index contributed by atoms with van der Waals surface area (Å²) in [6, 6.07) is 13.6. The highest BCUT2D eigenvalue weighted by molar-refractivity contribution is 5.87. The van der Waals surface area contributed by atoms with Crippen molar-refractivity contribution in [2.75, 3.05) is 32.8 Å². The highest BCUT2D eigenvalue weighted by Crippen LogP contribution is 2.25. The van der Waals surface area contributed by atoms with Gasteiger partial charge in [-0.05, 0) is 36.2 Å². The Bertz CT molecular complexity index is 1410. The molecule has 0 radical (unpaired) electrons. The number of hydrogen-bond donors (Lipinski definition) is 0. The van der Waals surface area contributed by atoms with Gasteiger partial charge >= 0.3 is 5.69 Å². The molecule has 5 rings (SSSR count). The van der Waals surface area contributed by atoms with E-state index in [1.165, 1.54) is 10.1 Å². The number of morpholine rings is 1. The summed E-state index contributed by atoms with van der Waals surface area (Å²) in [5.74, 6) is 0. The number of fused-ring (bicyclic) bond motifs is 2. The summed E-state index contributed by atoms with van der Waals surface area (Å²) in [4.78, 5) is 29.0. The van der Waals surface area contributed by atoms with E-state index in [1.807, 2.05) is 31.3 Å². The van der Waals surface area contributed by atoms with E-state index in [1.54, 1.807) is 4.57 Å². The summed E-state index contributed by atoms with van der Waals surface area (Å²) in [5, 5.41) is 1.74. The summed E-state index contributed by atoms with van der Waals surface area (Å²) in [7, 11) is 2.02. The van der Waals surface area contributed by atoms with Crippen molar-refractivity contribution in [3.05, 3.63) is 80.6 Å². The topological polar surface area (TPSA) is 61.4 Å². The van der Waals surface area contributed by atoms with Crippen LogP contribution in [0.1, 0.15) is 11.1 Å². The van der Waals surface area contributed by atoms with Crippen molar-refractivity contribution in [2.24, 2.45) is 7.05 Å². The third-order valence-electron chi connectivity index (χ3n) is 6.51. The van der Waals surface area contributed by atoms with Gasteiger partial charge in [-0.2, -0.15) is 0 Å². The third kappa shape index (κ3) is 3.57. The maximum Gasteiger partial charge on any atom is 0.331 e. The average Bonchev–Trinajstić information content (AvgIpc) is 3.14. The Hall–Kier alpha value is -3.16. The number of ether oxygens (including phenoxy) is 1. The van der Waals surface area contributed by atoms with Gasteiger partial charge in [-0.1, -0.05) is 24.3 Å². The monoisotopic (exact) mass is 432 g/mol. The summed E-state index contributed by atoms with van der Waals surface area (Å²) >= 11 is 0. The molecule has 3 heterocycles. The maximum absolute atomic E-state index is 13.6. The molecule has 1 aliphatic rings. The molecule has 0 unspecified atom stereocenters. The van der Waals surface area contributed by atoms with Crippen molar-refractivity contribution < 1.29 is 4.74 Å². The first-order valence-electron chi connectivity index (χ1n) is 11.1. The van der Waals surface area contributed by atoms with Crippen molar-refractivity contribution in [3.8, 4) is 0 Å². The molecule has 0 saturated carbocycles. The van der Waals surface area contributed by atoms with Crippen LogP contribution in [0.2, 0.25) is 0 Å². The van der Waals surface area contributed by atoms with Crippen LogP contribution in [-0.4, -0.2) is 51.4 Å². The molecule has 7 nitrogen and oxygen atoms in total. The van der Waals surface area contributed by atoms with Crippen LogP contribution in [0.4, 0.5) is 0 Å². The molecule has 1 saturated heterocycles. The summed E-state index contributed by atoms with van der Waals surface area (Å²) in [6.45, 7) is 6.57. The van der Waals surface area contributed by atoms with Gasteiger partial charge in [0.15, 0.2) is 0 Å². The van der Waals surface area contributed by atoms with E-state index < -0.39 is 0 Å². The lowest BCUT2D eigenvalue weighted by Crippen LogP contribution is -2.44. The van der Waals surface area contributed by atoms with Gasteiger partial charge < -0.3 is 9.30 Å². The maximum atomic E-state index is 13.6. The molecule has 1 aliphatic heterocycles. The number of para-hydroxylation sites is 1. The van der Waals surface area contributed by atoms with E-state index in [0.29, 0.717) is 43.8 Å². The molecule has 7 heteroatoms. The van der Waals surface area contributed by atoms with Crippen LogP contribution >= 0.6 is 0 Å². The van der Waals surface area contributed by atoms with E-state index in [-0.39, 0.29) is 11.2 Å². The Morgan fingerprint density at radius 2 is 1.66 bits per heavy atom. The molecule has 166 valence electrons. The quantitative estimate of drug-likeness (QED) is 0.486. The van der Waals surface area contributed by atoms with Crippen LogP contribution in [0, 0.1) is 6.92 Å². The molecule has 0 aliphatic carbocycles. The molecular weight excluding hydrogens is 404 g/mol. The molecule has 2 aromatic heterocycles. The minimum Gasteiger partial charge on any atom is -0.379 e. The molecule has 2 aromatic carbocycles. The van der Waals surface area contributed by atoms with Crippen molar-refractivity contribution in [2.45, 2.75) is 20.0 Å². The second kappa shape index (κ2) is 8.41. The lowest BCUT2D eigenvalue weighted by Gasteiger charge is -2.26. The minimum absolute atomic E-state index is 0.218. The van der Waals surface area contributed by atoms with Gasteiger partial charge in [0.05, 0.1) is 30.7 Å². The lowest BCUT2D eigenvalue weighted by molar-refractivity contribution is 0.0361. The van der Waals surface area contributed by atoms with Crippen molar-refractivity contribution >= 4 is 21.8 Å². The predicted molar refractivity (Wildman–Crippen MR) is 126 cm³/mol. The highest BCUT2D eigenvalue weighted by Gasteiger charge is 2.17. The van der Waals surface area contributed by atoms with Crippen LogP contribution in [0.5, 0.6) is 0 Å². The number of rotatable bonds is 5. The molecule has 0 amide bonds. The lowest BCUT2D eigenvalue weighted by atomic mass is 10.1. The van der Waals surface area contributed by atoms with E-state index in [9.17, 15) is 9.59 Å². The van der Waals surface area contributed by atoms with Crippen molar-refractivity contribution in [1.29, 1.82) is 0 Å². The molecule has 32 heavy (non-hydrogen) atoms. The zero-order chi connectivity index (χ0) is 22.2. The summed E-state index contributed by atoms with van der Waals surface area (Å²) < 4.78 is 10.7. The first-order chi connectivity index (χ1) is 15.5. The Kier molecular flexibility index (Phi) is 5.45. The van der Waals surface area contributed by atoms with E-state index >= 15 is 0 Å². The van der Waals surface area contributed by atoms with Gasteiger partial charge in [0, 0.05) is 50.3 Å². The van der Waals surface area contributed by atoms with Crippen LogP contribution < -0.4 is 11.2 Å². The fraction of sp³-hybridized carbons (Fsp3) is 0.360. The van der Waals surface area contributed by atoms with Crippen molar-refractivity contribution in [1.82, 2.24) is 18.6 Å². The van der Waals surface area contributed by atoms with Gasteiger partial charge in [-0.3, -0.25) is 18.8 Å². The molecule has 0 spiro atoms. The zero-order valence-electron chi connectivity index (χ0n) is 18.6. The van der Waals surface area contributed by atoms with Gasteiger partial charge in [0.2, 0.25) is 0 Å². The Balaban J connectivity index is 1.61. The Morgan fingerprint density at radius 1 is 0.906 bits per heavy atom.